The number of halogens is 2. The van der Waals surface area contributed by atoms with Crippen molar-refractivity contribution in [1.29, 1.82) is 0 Å². The average molecular weight is 470 g/mol. The summed E-state index contributed by atoms with van der Waals surface area (Å²) in [5, 5.41) is 3.73. The van der Waals surface area contributed by atoms with E-state index in [0.717, 1.165) is 35.2 Å². The first-order valence-corrected chi connectivity index (χ1v) is 11.6. The zero-order chi connectivity index (χ0) is 22.5. The molecule has 6 nitrogen and oxygen atoms in total. The maximum absolute atomic E-state index is 13.9. The van der Waals surface area contributed by atoms with E-state index >= 15 is 0 Å². The van der Waals surface area contributed by atoms with Gasteiger partial charge in [0.2, 0.25) is 17.7 Å². The van der Waals surface area contributed by atoms with Crippen LogP contribution in [0.5, 0.6) is 0 Å². The molecular formula is C24H21Cl2N3O3. The van der Waals surface area contributed by atoms with Crippen molar-refractivity contribution in [3.63, 3.8) is 0 Å². The number of nitrogens with one attached hydrogen (secondary N) is 1. The van der Waals surface area contributed by atoms with Crippen molar-refractivity contribution in [2.24, 2.45) is 11.8 Å². The first kappa shape index (κ1) is 20.2. The molecule has 0 saturated carbocycles. The van der Waals surface area contributed by atoms with Crippen LogP contribution in [-0.4, -0.2) is 35.2 Å². The monoisotopic (exact) mass is 469 g/mol. The molecule has 0 aliphatic carbocycles. The maximum Gasteiger partial charge on any atom is 0.250 e. The Morgan fingerprint density at radius 2 is 1.84 bits per heavy atom. The molecule has 2 aromatic carbocycles. The van der Waals surface area contributed by atoms with Crippen molar-refractivity contribution in [1.82, 2.24) is 4.90 Å². The van der Waals surface area contributed by atoms with Gasteiger partial charge in [-0.25, -0.2) is 4.90 Å². The van der Waals surface area contributed by atoms with Crippen LogP contribution >= 0.6 is 23.2 Å². The normalized spacial score (nSPS) is 30.8. The third kappa shape index (κ3) is 2.23. The SMILES string of the molecule is Cc1ccc2c(c1C)NC(=O)[C@]21[C@@H]2C(=O)N(c3ccc(Cl)cc3Cl)C(=O)[C@@H]2[C@H]2CCCN21. The Labute approximate surface area is 195 Å². The molecule has 2 aromatic rings. The molecule has 4 atom stereocenters. The molecule has 1 N–H and O–H groups in total. The molecule has 0 radical (unpaired) electrons. The number of hydrogen-bond acceptors (Lipinski definition) is 4. The fourth-order valence-corrected chi connectivity index (χ4v) is 6.91. The number of amides is 3. The smallest absolute Gasteiger partial charge is 0.250 e. The lowest BCUT2D eigenvalue weighted by Crippen LogP contribution is -2.54. The summed E-state index contributed by atoms with van der Waals surface area (Å²) < 4.78 is 0. The van der Waals surface area contributed by atoms with E-state index in [1.165, 1.54) is 11.0 Å². The lowest BCUT2D eigenvalue weighted by molar-refractivity contribution is -0.135. The van der Waals surface area contributed by atoms with E-state index in [1.807, 2.05) is 26.0 Å². The fourth-order valence-electron chi connectivity index (χ4n) is 6.42. The summed E-state index contributed by atoms with van der Waals surface area (Å²) in [6.07, 6.45) is 1.66. The molecule has 3 fully saturated rings. The summed E-state index contributed by atoms with van der Waals surface area (Å²) in [6, 6.07) is 8.50. The van der Waals surface area contributed by atoms with Gasteiger partial charge in [-0.05, 0) is 62.6 Å². The minimum Gasteiger partial charge on any atom is -0.324 e. The van der Waals surface area contributed by atoms with Crippen LogP contribution < -0.4 is 10.2 Å². The zero-order valence-electron chi connectivity index (χ0n) is 17.6. The predicted molar refractivity (Wildman–Crippen MR) is 122 cm³/mol. The van der Waals surface area contributed by atoms with Crippen LogP contribution in [0.4, 0.5) is 11.4 Å². The lowest BCUT2D eigenvalue weighted by Gasteiger charge is -2.36. The summed E-state index contributed by atoms with van der Waals surface area (Å²) >= 11 is 12.4. The second-order valence-electron chi connectivity index (χ2n) is 9.16. The van der Waals surface area contributed by atoms with Crippen LogP contribution in [0.25, 0.3) is 0 Å². The summed E-state index contributed by atoms with van der Waals surface area (Å²) in [4.78, 5) is 44.7. The Morgan fingerprint density at radius 1 is 1.06 bits per heavy atom. The van der Waals surface area contributed by atoms with Gasteiger partial charge in [0.05, 0.1) is 22.5 Å². The second-order valence-corrected chi connectivity index (χ2v) is 10.0. The van der Waals surface area contributed by atoms with Gasteiger partial charge in [-0.2, -0.15) is 0 Å². The van der Waals surface area contributed by atoms with E-state index in [2.05, 4.69) is 10.2 Å². The summed E-state index contributed by atoms with van der Waals surface area (Å²) in [7, 11) is 0. The van der Waals surface area contributed by atoms with E-state index in [-0.39, 0.29) is 28.8 Å². The van der Waals surface area contributed by atoms with Crippen LogP contribution in [0.1, 0.15) is 29.5 Å². The van der Waals surface area contributed by atoms with E-state index in [9.17, 15) is 14.4 Å². The highest BCUT2D eigenvalue weighted by Gasteiger charge is 2.74. The second kappa shape index (κ2) is 6.56. The number of benzene rings is 2. The Kier molecular flexibility index (Phi) is 4.15. The molecule has 32 heavy (non-hydrogen) atoms. The first-order valence-electron chi connectivity index (χ1n) is 10.8. The zero-order valence-corrected chi connectivity index (χ0v) is 19.1. The van der Waals surface area contributed by atoms with Crippen molar-refractivity contribution in [2.45, 2.75) is 38.3 Å². The van der Waals surface area contributed by atoms with E-state index < -0.39 is 17.4 Å². The molecular weight excluding hydrogens is 449 g/mol. The van der Waals surface area contributed by atoms with Gasteiger partial charge >= 0.3 is 0 Å². The number of fused-ring (bicyclic) bond motifs is 7. The third-order valence-corrected chi connectivity index (χ3v) is 8.39. The van der Waals surface area contributed by atoms with Gasteiger partial charge in [0.15, 0.2) is 0 Å². The van der Waals surface area contributed by atoms with Crippen LogP contribution in [0.3, 0.4) is 0 Å². The number of nitrogens with zero attached hydrogens (tertiary/aromatic N) is 2. The summed E-state index contributed by atoms with van der Waals surface area (Å²) in [5.74, 6) is -2.26. The molecule has 1 spiro atoms. The van der Waals surface area contributed by atoms with Crippen molar-refractivity contribution in [3.8, 4) is 0 Å². The van der Waals surface area contributed by atoms with E-state index in [1.54, 1.807) is 12.1 Å². The van der Waals surface area contributed by atoms with Crippen molar-refractivity contribution in [2.75, 3.05) is 16.8 Å². The number of imide groups is 1. The van der Waals surface area contributed by atoms with E-state index in [0.29, 0.717) is 17.3 Å². The minimum atomic E-state index is -1.18. The quantitative estimate of drug-likeness (QED) is 0.639. The summed E-state index contributed by atoms with van der Waals surface area (Å²) in [5.41, 5.74) is 2.76. The number of carbonyl (C=O) groups excluding carboxylic acids is 3. The highest BCUT2D eigenvalue weighted by molar-refractivity contribution is 6.38. The lowest BCUT2D eigenvalue weighted by atomic mass is 9.75. The van der Waals surface area contributed by atoms with Gasteiger partial charge < -0.3 is 5.32 Å². The van der Waals surface area contributed by atoms with Gasteiger partial charge in [0.1, 0.15) is 5.54 Å². The Balaban J connectivity index is 1.57. The average Bonchev–Trinajstić information content (AvgIpc) is 3.45. The number of aryl methyl sites for hydroxylation is 1. The number of carbonyl (C=O) groups is 3. The van der Waals surface area contributed by atoms with Crippen molar-refractivity contribution < 1.29 is 14.4 Å². The highest BCUT2D eigenvalue weighted by Crippen LogP contribution is 2.61. The standard InChI is InChI=1S/C24H21Cl2N3O3/c1-11-5-7-14-20(12(11)2)27-23(32)24(14)19-18(17-4-3-9-28(17)24)21(30)29(22(19)31)16-8-6-13(25)10-15(16)26/h5-8,10,17-19H,3-4,9H2,1-2H3,(H,27,32)/t17-,18-,19+,24-/m1/s1. The molecule has 0 aromatic heterocycles. The van der Waals surface area contributed by atoms with Crippen LogP contribution in [0.15, 0.2) is 30.3 Å². The topological polar surface area (TPSA) is 69.7 Å². The number of hydrogen-bond donors (Lipinski definition) is 1. The number of anilines is 2. The van der Waals surface area contributed by atoms with Crippen LogP contribution in [0.2, 0.25) is 10.0 Å². The Morgan fingerprint density at radius 3 is 2.59 bits per heavy atom. The first-order chi connectivity index (χ1) is 15.3. The molecule has 3 saturated heterocycles. The molecule has 4 heterocycles. The van der Waals surface area contributed by atoms with Gasteiger partial charge in [0.25, 0.3) is 0 Å². The summed E-state index contributed by atoms with van der Waals surface area (Å²) in [6.45, 7) is 4.65. The molecule has 4 aliphatic heterocycles. The molecule has 4 aliphatic rings. The Bertz CT molecular complexity index is 1250. The van der Waals surface area contributed by atoms with Gasteiger partial charge in [0, 0.05) is 22.3 Å². The van der Waals surface area contributed by atoms with Gasteiger partial charge in [-0.1, -0.05) is 35.3 Å². The highest BCUT2D eigenvalue weighted by atomic mass is 35.5. The molecule has 6 rings (SSSR count). The predicted octanol–water partition coefficient (Wildman–Crippen LogP) is 4.04. The van der Waals surface area contributed by atoms with Gasteiger partial charge in [-0.15, -0.1) is 0 Å². The van der Waals surface area contributed by atoms with Gasteiger partial charge in [-0.3, -0.25) is 19.3 Å². The molecule has 0 bridgehead atoms. The Hall–Kier alpha value is -2.41. The van der Waals surface area contributed by atoms with Crippen LogP contribution in [0, 0.1) is 25.7 Å². The molecule has 0 unspecified atom stereocenters. The third-order valence-electron chi connectivity index (χ3n) is 7.85. The van der Waals surface area contributed by atoms with E-state index in [4.69, 9.17) is 23.2 Å². The molecule has 3 amide bonds. The largest absolute Gasteiger partial charge is 0.324 e. The number of rotatable bonds is 1. The molecule has 164 valence electrons. The fraction of sp³-hybridized carbons (Fsp3) is 0.375. The van der Waals surface area contributed by atoms with Crippen LogP contribution in [-0.2, 0) is 19.9 Å². The van der Waals surface area contributed by atoms with Crippen molar-refractivity contribution in [3.05, 3.63) is 57.1 Å². The van der Waals surface area contributed by atoms with Crippen molar-refractivity contribution >= 4 is 52.3 Å². The maximum atomic E-state index is 13.9. The molecule has 8 heteroatoms. The minimum absolute atomic E-state index is 0.161.